The molecule has 0 bridgehead atoms. The molecule has 0 N–H and O–H groups in total. The minimum absolute atomic E-state index is 0.825. The van der Waals surface area contributed by atoms with Crippen LogP contribution in [-0.4, -0.2) is 29.6 Å². The van der Waals surface area contributed by atoms with E-state index in [1.807, 2.05) is 0 Å². The molecule has 0 unspecified atom stereocenters. The van der Waals surface area contributed by atoms with E-state index < -0.39 is 29.6 Å². The van der Waals surface area contributed by atoms with Crippen molar-refractivity contribution in [3.63, 3.8) is 0 Å². The van der Waals surface area contributed by atoms with Gasteiger partial charge in [-0.25, -0.2) is 0 Å². The quantitative estimate of drug-likeness (QED) is 0.622. The lowest BCUT2D eigenvalue weighted by Gasteiger charge is -2.56. The molecule has 1 nitrogen and oxygen atoms in total. The molecular formula is C16H34OSi4. The maximum atomic E-state index is 7.03. The maximum Gasteiger partial charge on any atom is 0.158 e. The van der Waals surface area contributed by atoms with Gasteiger partial charge < -0.3 is 4.43 Å². The molecule has 0 aliphatic heterocycles. The molecule has 0 aliphatic rings. The summed E-state index contributed by atoms with van der Waals surface area (Å²) in [6, 6.07) is 10.7. The largest absolute Gasteiger partial charge is 0.422 e. The van der Waals surface area contributed by atoms with Gasteiger partial charge in [-0.05, 0) is 5.56 Å². The summed E-state index contributed by atoms with van der Waals surface area (Å²) in [6.45, 7) is 22.3. The third kappa shape index (κ3) is 3.88. The first kappa shape index (κ1) is 19.1. The molecule has 0 radical (unpaired) electrons. The first-order valence-corrected chi connectivity index (χ1v) is 23.4. The fourth-order valence-electron chi connectivity index (χ4n) is 4.79. The van der Waals surface area contributed by atoms with E-state index in [0.717, 1.165) is 6.61 Å². The highest BCUT2D eigenvalue weighted by atomic mass is 29.9. The molecule has 0 saturated heterocycles. The molecule has 0 aliphatic carbocycles. The Hall–Kier alpha value is 0.0475. The van der Waals surface area contributed by atoms with Crippen LogP contribution in [0.2, 0.25) is 58.9 Å². The molecule has 0 aromatic heterocycles. The van der Waals surface area contributed by atoms with Crippen LogP contribution in [0.1, 0.15) is 5.56 Å². The zero-order valence-electron chi connectivity index (χ0n) is 15.5. The Morgan fingerprint density at radius 3 is 1.38 bits per heavy atom. The molecule has 0 atom stereocenters. The van der Waals surface area contributed by atoms with E-state index in [1.165, 1.54) is 5.56 Å². The van der Waals surface area contributed by atoms with Crippen molar-refractivity contribution in [1.82, 2.24) is 0 Å². The van der Waals surface area contributed by atoms with Gasteiger partial charge in [-0.3, -0.25) is 0 Å². The summed E-state index contributed by atoms with van der Waals surface area (Å²) in [5.74, 6) is 0. The summed E-state index contributed by atoms with van der Waals surface area (Å²) >= 11 is 0. The van der Waals surface area contributed by atoms with Crippen molar-refractivity contribution < 1.29 is 4.43 Å². The van der Waals surface area contributed by atoms with Gasteiger partial charge in [0.15, 0.2) is 6.87 Å². The van der Waals surface area contributed by atoms with E-state index in [0.29, 0.717) is 0 Å². The van der Waals surface area contributed by atoms with Crippen LogP contribution >= 0.6 is 0 Å². The average molecular weight is 355 g/mol. The van der Waals surface area contributed by atoms with E-state index in [1.54, 1.807) is 0 Å². The summed E-state index contributed by atoms with van der Waals surface area (Å²) in [7, 11) is -3.96. The second-order valence-corrected chi connectivity index (χ2v) is 48.7. The van der Waals surface area contributed by atoms with Crippen molar-refractivity contribution in [1.29, 1.82) is 0 Å². The van der Waals surface area contributed by atoms with Gasteiger partial charge in [0.2, 0.25) is 0 Å². The van der Waals surface area contributed by atoms with Gasteiger partial charge in [0.1, 0.15) is 0 Å². The van der Waals surface area contributed by atoms with Crippen LogP contribution in [0.25, 0.3) is 0 Å². The van der Waals surface area contributed by atoms with Crippen molar-refractivity contribution in [3.05, 3.63) is 35.9 Å². The Kier molecular flexibility index (Phi) is 5.71. The van der Waals surface area contributed by atoms with Gasteiger partial charge in [-0.15, -0.1) is 0 Å². The summed E-state index contributed by atoms with van der Waals surface area (Å²) in [5.41, 5.74) is 1.34. The van der Waals surface area contributed by atoms with Crippen LogP contribution in [0.15, 0.2) is 30.3 Å². The molecule has 120 valence electrons. The van der Waals surface area contributed by atoms with Crippen LogP contribution in [-0.2, 0) is 11.0 Å². The molecule has 0 heterocycles. The Balaban J connectivity index is 3.25. The van der Waals surface area contributed by atoms with E-state index in [-0.39, 0.29) is 0 Å². The lowest BCUT2D eigenvalue weighted by Crippen LogP contribution is -2.84. The minimum Gasteiger partial charge on any atom is -0.422 e. The normalized spacial score (nSPS) is 14.3. The molecule has 0 fully saturated rings. The molecule has 0 amide bonds. The van der Waals surface area contributed by atoms with Crippen molar-refractivity contribution in [3.8, 4) is 0 Å². The highest BCUT2D eigenvalue weighted by molar-refractivity contribution is 7.87. The highest BCUT2D eigenvalue weighted by Gasteiger charge is 2.63. The van der Waals surface area contributed by atoms with E-state index in [9.17, 15) is 0 Å². The van der Waals surface area contributed by atoms with Crippen LogP contribution in [0, 0.1) is 0 Å². The first-order chi connectivity index (χ1) is 9.33. The summed E-state index contributed by atoms with van der Waals surface area (Å²) in [4.78, 5) is 0. The molecule has 1 aromatic carbocycles. The van der Waals surface area contributed by atoms with E-state index in [2.05, 4.69) is 89.3 Å². The first-order valence-electron chi connectivity index (χ1n) is 8.01. The van der Waals surface area contributed by atoms with E-state index >= 15 is 0 Å². The predicted molar refractivity (Wildman–Crippen MR) is 107 cm³/mol. The molecule has 5 heteroatoms. The van der Waals surface area contributed by atoms with Gasteiger partial charge in [0.25, 0.3) is 0 Å². The van der Waals surface area contributed by atoms with Gasteiger partial charge in [0, 0.05) is 0 Å². The zero-order chi connectivity index (χ0) is 16.5. The number of hydrogen-bond donors (Lipinski definition) is 0. The monoisotopic (exact) mass is 354 g/mol. The molecule has 0 spiro atoms. The number of hydrogen-bond acceptors (Lipinski definition) is 1. The van der Waals surface area contributed by atoms with Crippen LogP contribution in [0.3, 0.4) is 0 Å². The number of benzene rings is 1. The van der Waals surface area contributed by atoms with Gasteiger partial charge in [-0.1, -0.05) is 89.3 Å². The maximum absolute atomic E-state index is 7.03. The van der Waals surface area contributed by atoms with E-state index in [4.69, 9.17) is 4.43 Å². The third-order valence-corrected chi connectivity index (χ3v) is 72.2. The number of rotatable bonds is 6. The zero-order valence-corrected chi connectivity index (χ0v) is 19.5. The summed E-state index contributed by atoms with van der Waals surface area (Å²) in [6.07, 6.45) is 0. The van der Waals surface area contributed by atoms with Crippen LogP contribution in [0.5, 0.6) is 0 Å². The smallest absolute Gasteiger partial charge is 0.158 e. The molecule has 1 rings (SSSR count). The fourth-order valence-corrected chi connectivity index (χ4v) is 98.8. The van der Waals surface area contributed by atoms with Gasteiger partial charge in [-0.2, -0.15) is 0 Å². The molecule has 21 heavy (non-hydrogen) atoms. The topological polar surface area (TPSA) is 9.23 Å². The third-order valence-electron chi connectivity index (χ3n) is 4.47. The Morgan fingerprint density at radius 1 is 0.667 bits per heavy atom. The fraction of sp³-hybridized carbons (Fsp3) is 0.625. The van der Waals surface area contributed by atoms with Crippen molar-refractivity contribution >= 4 is 29.6 Å². The Bertz CT molecular complexity index is 416. The Morgan fingerprint density at radius 2 is 1.05 bits per heavy atom. The molecular weight excluding hydrogens is 321 g/mol. The predicted octanol–water partition coefficient (Wildman–Crippen LogP) is 5.40. The van der Waals surface area contributed by atoms with Crippen LogP contribution < -0.4 is 0 Å². The lowest BCUT2D eigenvalue weighted by atomic mass is 10.2. The van der Waals surface area contributed by atoms with Crippen molar-refractivity contribution in [2.75, 3.05) is 0 Å². The highest BCUT2D eigenvalue weighted by Crippen LogP contribution is 2.38. The van der Waals surface area contributed by atoms with Crippen molar-refractivity contribution in [2.45, 2.75) is 65.5 Å². The lowest BCUT2D eigenvalue weighted by molar-refractivity contribution is 0.318. The Labute approximate surface area is 135 Å². The second kappa shape index (κ2) is 6.27. The standard InChI is InChI=1S/C16H34OSi4/c1-18(2,3)21(19(4,5)6,20(7,8)9)17-15-16-13-11-10-12-14-16/h10-14H,15H2,1-9H3. The minimum atomic E-state index is -1.67. The second-order valence-electron chi connectivity index (χ2n) is 9.21. The molecule has 0 saturated carbocycles. The van der Waals surface area contributed by atoms with Crippen LogP contribution in [0.4, 0.5) is 0 Å². The van der Waals surface area contributed by atoms with Gasteiger partial charge in [0.05, 0.1) is 29.4 Å². The van der Waals surface area contributed by atoms with Gasteiger partial charge >= 0.3 is 0 Å². The van der Waals surface area contributed by atoms with Crippen molar-refractivity contribution in [2.24, 2.45) is 0 Å². The SMILES string of the molecule is C[Si](C)(C)[Si](OCc1ccccc1)([Si](C)(C)C)[Si](C)(C)C. The average Bonchev–Trinajstić information content (AvgIpc) is 2.25. The summed E-state index contributed by atoms with van der Waals surface area (Å²) in [5, 5.41) is 0. The summed E-state index contributed by atoms with van der Waals surface area (Å²) < 4.78 is 7.03. The molecule has 1 aromatic rings.